The van der Waals surface area contributed by atoms with Gasteiger partial charge in [0.2, 0.25) is 0 Å². The fourth-order valence-corrected chi connectivity index (χ4v) is 9.52. The van der Waals surface area contributed by atoms with Crippen LogP contribution >= 0.6 is 0 Å². The number of fused-ring (bicyclic) bond motifs is 4. The quantitative estimate of drug-likeness (QED) is 0.418. The molecule has 0 radical (unpaired) electrons. The van der Waals surface area contributed by atoms with Crippen LogP contribution in [-0.2, 0) is 16.0 Å². The first kappa shape index (κ1) is 21.9. The molecule has 0 amide bonds. The summed E-state index contributed by atoms with van der Waals surface area (Å²) in [4.78, 5) is 15.3. The highest BCUT2D eigenvalue weighted by Gasteiger charge is 2.64. The lowest BCUT2D eigenvalue weighted by atomic mass is 9.47. The Bertz CT molecular complexity index is 940. The lowest BCUT2D eigenvalue weighted by Crippen LogP contribution is -2.51. The van der Waals surface area contributed by atoms with Crippen LogP contribution in [0.25, 0.3) is 0 Å². The van der Waals surface area contributed by atoms with Gasteiger partial charge in [0, 0.05) is 19.0 Å². The Balaban J connectivity index is 1.16. The smallest absolute Gasteiger partial charge is 0.310 e. The van der Waals surface area contributed by atoms with Crippen molar-refractivity contribution in [3.63, 3.8) is 0 Å². The molecule has 1 spiro atoms. The molecule has 0 aromatic heterocycles. The molecule has 1 aromatic carbocycles. The standard InChI is InChI=1S/C30H41NO2/c1-20-25-11-12-27-24-10-9-22-18-23(33-28(32)17-21-7-5-4-6-8-21)13-15-29(22,2)26(24)14-16-30(25,27)19-31(20)3/h4-9,20,23-27H,10-19H2,1-3H3. The molecular weight excluding hydrogens is 406 g/mol. The van der Waals surface area contributed by atoms with Crippen LogP contribution < -0.4 is 0 Å². The number of carbonyl (C=O) groups is 1. The van der Waals surface area contributed by atoms with E-state index in [0.29, 0.717) is 17.3 Å². The summed E-state index contributed by atoms with van der Waals surface area (Å²) in [6.07, 6.45) is 13.2. The van der Waals surface area contributed by atoms with Crippen LogP contribution in [0.4, 0.5) is 0 Å². The van der Waals surface area contributed by atoms with Crippen LogP contribution in [-0.4, -0.2) is 36.6 Å². The van der Waals surface area contributed by atoms with Crippen molar-refractivity contribution >= 4 is 5.97 Å². The third-order valence-electron chi connectivity index (χ3n) is 11.2. The molecule has 178 valence electrons. The Morgan fingerprint density at radius 3 is 2.67 bits per heavy atom. The molecular formula is C30H41NO2. The van der Waals surface area contributed by atoms with Gasteiger partial charge in [0.25, 0.3) is 0 Å². The van der Waals surface area contributed by atoms with Gasteiger partial charge in [0.05, 0.1) is 6.42 Å². The lowest BCUT2D eigenvalue weighted by molar-refractivity contribution is -0.150. The number of carbonyl (C=O) groups excluding carboxylic acids is 1. The molecule has 8 atom stereocenters. The molecule has 3 heteroatoms. The average molecular weight is 448 g/mol. The van der Waals surface area contributed by atoms with Crippen LogP contribution in [0.15, 0.2) is 42.0 Å². The Kier molecular flexibility index (Phi) is 5.29. The molecule has 3 nitrogen and oxygen atoms in total. The zero-order valence-electron chi connectivity index (χ0n) is 20.8. The van der Waals surface area contributed by atoms with E-state index in [-0.39, 0.29) is 12.1 Å². The van der Waals surface area contributed by atoms with Crippen LogP contribution in [0.1, 0.15) is 70.8 Å². The summed E-state index contributed by atoms with van der Waals surface area (Å²) in [6.45, 7) is 6.37. The number of benzene rings is 1. The Morgan fingerprint density at radius 2 is 1.85 bits per heavy atom. The molecule has 1 saturated heterocycles. The first-order valence-electron chi connectivity index (χ1n) is 13.5. The minimum absolute atomic E-state index is 0.0622. The Morgan fingerprint density at radius 1 is 1.06 bits per heavy atom. The molecule has 1 aromatic rings. The molecule has 0 bridgehead atoms. The summed E-state index contributed by atoms with van der Waals surface area (Å²) in [5, 5.41) is 0. The minimum Gasteiger partial charge on any atom is -0.462 e. The largest absolute Gasteiger partial charge is 0.462 e. The number of allylic oxidation sites excluding steroid dienone is 1. The maximum atomic E-state index is 12.6. The normalized spacial score (nSPS) is 44.3. The van der Waals surface area contributed by atoms with Crippen molar-refractivity contribution in [1.29, 1.82) is 0 Å². The second-order valence-corrected chi connectivity index (χ2v) is 12.4. The van der Waals surface area contributed by atoms with Gasteiger partial charge in [-0.1, -0.05) is 48.9 Å². The second-order valence-electron chi connectivity index (χ2n) is 12.4. The van der Waals surface area contributed by atoms with Crippen molar-refractivity contribution in [2.24, 2.45) is 34.5 Å². The first-order valence-corrected chi connectivity index (χ1v) is 13.5. The van der Waals surface area contributed by atoms with Crippen LogP contribution in [0.3, 0.4) is 0 Å². The van der Waals surface area contributed by atoms with E-state index in [0.717, 1.165) is 48.1 Å². The highest BCUT2D eigenvalue weighted by Crippen LogP contribution is 2.68. The molecule has 33 heavy (non-hydrogen) atoms. The Hall–Kier alpha value is -1.61. The maximum absolute atomic E-state index is 12.6. The van der Waals surface area contributed by atoms with Crippen molar-refractivity contribution in [3.8, 4) is 0 Å². The van der Waals surface area contributed by atoms with Gasteiger partial charge >= 0.3 is 5.97 Å². The molecule has 6 rings (SSSR count). The number of likely N-dealkylation sites (tertiary alicyclic amines) is 1. The number of nitrogens with zero attached hydrogens (tertiary/aromatic N) is 1. The summed E-state index contributed by atoms with van der Waals surface area (Å²) >= 11 is 0. The van der Waals surface area contributed by atoms with Crippen molar-refractivity contribution < 1.29 is 9.53 Å². The number of rotatable bonds is 3. The minimum atomic E-state index is -0.0693. The average Bonchev–Trinajstić information content (AvgIpc) is 3.28. The maximum Gasteiger partial charge on any atom is 0.310 e. The fourth-order valence-electron chi connectivity index (χ4n) is 9.52. The number of hydrogen-bond acceptors (Lipinski definition) is 3. The van der Waals surface area contributed by atoms with Gasteiger partial charge in [-0.15, -0.1) is 0 Å². The van der Waals surface area contributed by atoms with Crippen LogP contribution in [0.2, 0.25) is 0 Å². The summed E-state index contributed by atoms with van der Waals surface area (Å²) in [7, 11) is 2.36. The van der Waals surface area contributed by atoms with E-state index >= 15 is 0 Å². The van der Waals surface area contributed by atoms with E-state index < -0.39 is 0 Å². The molecule has 5 aliphatic rings. The highest BCUT2D eigenvalue weighted by atomic mass is 16.5. The summed E-state index contributed by atoms with van der Waals surface area (Å²) < 4.78 is 5.99. The van der Waals surface area contributed by atoms with Gasteiger partial charge in [-0.2, -0.15) is 0 Å². The molecule has 1 aliphatic heterocycles. The predicted octanol–water partition coefficient (Wildman–Crippen LogP) is 6.03. The van der Waals surface area contributed by atoms with Gasteiger partial charge in [0.1, 0.15) is 6.10 Å². The second kappa shape index (κ2) is 7.97. The third kappa shape index (κ3) is 3.36. The Labute approximate surface area is 200 Å². The zero-order valence-corrected chi connectivity index (χ0v) is 20.8. The topological polar surface area (TPSA) is 29.5 Å². The summed E-state index contributed by atoms with van der Waals surface area (Å²) in [6, 6.07) is 10.7. The zero-order chi connectivity index (χ0) is 22.8. The van der Waals surface area contributed by atoms with Crippen LogP contribution in [0.5, 0.6) is 0 Å². The number of ether oxygens (including phenoxy) is 1. The van der Waals surface area contributed by atoms with Crippen molar-refractivity contribution in [1.82, 2.24) is 4.90 Å². The SMILES string of the molecule is CC1C2CCC3C4CC=C5CC(OC(=O)Cc6ccccc6)CCC5(C)C4CCC32CN1C. The summed E-state index contributed by atoms with van der Waals surface area (Å²) in [5.41, 5.74) is 3.57. The van der Waals surface area contributed by atoms with Crippen LogP contribution in [0, 0.1) is 34.5 Å². The molecule has 1 heterocycles. The van der Waals surface area contributed by atoms with Gasteiger partial charge < -0.3 is 9.64 Å². The molecule has 3 saturated carbocycles. The van der Waals surface area contributed by atoms with Gasteiger partial charge in [-0.25, -0.2) is 0 Å². The van der Waals surface area contributed by atoms with E-state index in [9.17, 15) is 4.79 Å². The third-order valence-corrected chi connectivity index (χ3v) is 11.2. The molecule has 4 fully saturated rings. The first-order chi connectivity index (χ1) is 15.9. The monoisotopic (exact) mass is 447 g/mol. The van der Waals surface area contributed by atoms with E-state index in [2.05, 4.69) is 31.9 Å². The van der Waals surface area contributed by atoms with E-state index in [1.807, 2.05) is 30.3 Å². The predicted molar refractivity (Wildman–Crippen MR) is 132 cm³/mol. The summed E-state index contributed by atoms with van der Waals surface area (Å²) in [5.74, 6) is 3.47. The lowest BCUT2D eigenvalue weighted by Gasteiger charge is -2.58. The van der Waals surface area contributed by atoms with E-state index in [1.54, 1.807) is 5.57 Å². The van der Waals surface area contributed by atoms with E-state index in [1.165, 1.54) is 45.1 Å². The molecule has 0 N–H and O–H groups in total. The van der Waals surface area contributed by atoms with Gasteiger partial charge in [0.15, 0.2) is 0 Å². The molecule has 8 unspecified atom stereocenters. The van der Waals surface area contributed by atoms with Crippen molar-refractivity contribution in [2.75, 3.05) is 13.6 Å². The van der Waals surface area contributed by atoms with E-state index in [4.69, 9.17) is 4.74 Å². The van der Waals surface area contributed by atoms with Gasteiger partial charge in [-0.3, -0.25) is 4.79 Å². The highest BCUT2D eigenvalue weighted by molar-refractivity contribution is 5.72. The molecule has 4 aliphatic carbocycles. The number of esters is 1. The fraction of sp³-hybridized carbons (Fsp3) is 0.700. The number of hydrogen-bond donors (Lipinski definition) is 0. The van der Waals surface area contributed by atoms with Crippen molar-refractivity contribution in [2.45, 2.75) is 83.8 Å². The van der Waals surface area contributed by atoms with Gasteiger partial charge in [-0.05, 0) is 99.0 Å². The van der Waals surface area contributed by atoms with Crippen molar-refractivity contribution in [3.05, 3.63) is 47.5 Å².